The fraction of sp³-hybridized carbons (Fsp3) is 0.308. The molecule has 8 heteroatoms. The van der Waals surface area contributed by atoms with Gasteiger partial charge in [0.15, 0.2) is 0 Å². The van der Waals surface area contributed by atoms with Gasteiger partial charge in [-0.1, -0.05) is 16.8 Å². The van der Waals surface area contributed by atoms with E-state index in [1.807, 2.05) is 0 Å². The molecule has 2 aromatic rings. The van der Waals surface area contributed by atoms with E-state index in [1.54, 1.807) is 24.4 Å². The molecule has 0 aliphatic carbocycles. The summed E-state index contributed by atoms with van der Waals surface area (Å²) >= 11 is 5.98. The van der Waals surface area contributed by atoms with Crippen LogP contribution in [0, 0.1) is 0 Å². The number of anilines is 1. The highest BCUT2D eigenvalue weighted by molar-refractivity contribution is 6.32. The molecule has 0 fully saturated rings. The first-order valence-corrected chi connectivity index (χ1v) is 6.63. The topological polar surface area (TPSA) is 89.3 Å². The van der Waals surface area contributed by atoms with Crippen LogP contribution in [0.4, 0.5) is 5.69 Å². The third-order valence-electron chi connectivity index (χ3n) is 2.70. The van der Waals surface area contributed by atoms with Crippen molar-refractivity contribution in [2.45, 2.75) is 13.0 Å². The van der Waals surface area contributed by atoms with Gasteiger partial charge < -0.3 is 15.2 Å². The summed E-state index contributed by atoms with van der Waals surface area (Å²) in [6.45, 7) is 0.0251. The van der Waals surface area contributed by atoms with E-state index in [1.165, 1.54) is 11.8 Å². The van der Waals surface area contributed by atoms with Crippen LogP contribution in [-0.2, 0) is 17.8 Å². The van der Waals surface area contributed by atoms with Gasteiger partial charge in [0.05, 0.1) is 17.8 Å². The molecule has 2 N–H and O–H groups in total. The van der Waals surface area contributed by atoms with E-state index in [-0.39, 0.29) is 19.1 Å². The molecule has 0 spiro atoms. The summed E-state index contributed by atoms with van der Waals surface area (Å²) in [6, 6.07) is 4.98. The fourth-order valence-corrected chi connectivity index (χ4v) is 1.99. The van der Waals surface area contributed by atoms with Gasteiger partial charge in [-0.15, -0.1) is 5.10 Å². The smallest absolute Gasteiger partial charge is 0.246 e. The number of aliphatic hydroxyl groups is 1. The van der Waals surface area contributed by atoms with Gasteiger partial charge in [-0.2, -0.15) is 0 Å². The van der Waals surface area contributed by atoms with E-state index < -0.39 is 0 Å². The minimum absolute atomic E-state index is 0.00473. The van der Waals surface area contributed by atoms with Gasteiger partial charge in [0.2, 0.25) is 5.91 Å². The SMILES string of the molecule is COc1ccc(NC(=O)Cn2cc(CCO)nn2)cc1Cl. The van der Waals surface area contributed by atoms with Gasteiger partial charge in [-0.3, -0.25) is 4.79 Å². The second-order valence-corrected chi connectivity index (χ2v) is 4.69. The number of nitrogens with zero attached hydrogens (tertiary/aromatic N) is 3. The van der Waals surface area contributed by atoms with Crippen molar-refractivity contribution < 1.29 is 14.6 Å². The minimum Gasteiger partial charge on any atom is -0.495 e. The van der Waals surface area contributed by atoms with Crippen molar-refractivity contribution in [3.63, 3.8) is 0 Å². The number of hydrogen-bond donors (Lipinski definition) is 2. The average Bonchev–Trinajstić information content (AvgIpc) is 2.86. The van der Waals surface area contributed by atoms with E-state index in [2.05, 4.69) is 15.6 Å². The average molecular weight is 311 g/mol. The number of rotatable bonds is 6. The number of amides is 1. The maximum atomic E-state index is 11.9. The Morgan fingerprint density at radius 2 is 2.33 bits per heavy atom. The lowest BCUT2D eigenvalue weighted by Crippen LogP contribution is -2.19. The Hall–Kier alpha value is -2.12. The van der Waals surface area contributed by atoms with Gasteiger partial charge in [0, 0.05) is 24.9 Å². The van der Waals surface area contributed by atoms with Gasteiger partial charge >= 0.3 is 0 Å². The van der Waals surface area contributed by atoms with Crippen LogP contribution in [0.25, 0.3) is 0 Å². The van der Waals surface area contributed by atoms with Crippen LogP contribution < -0.4 is 10.1 Å². The largest absolute Gasteiger partial charge is 0.495 e. The Morgan fingerprint density at radius 3 is 3.00 bits per heavy atom. The molecule has 0 saturated heterocycles. The van der Waals surface area contributed by atoms with Gasteiger partial charge in [-0.05, 0) is 18.2 Å². The minimum atomic E-state index is -0.253. The monoisotopic (exact) mass is 310 g/mol. The van der Waals surface area contributed by atoms with E-state index in [0.717, 1.165) is 0 Å². The molecule has 0 saturated carbocycles. The summed E-state index contributed by atoms with van der Waals surface area (Å²) < 4.78 is 6.45. The molecular weight excluding hydrogens is 296 g/mol. The van der Waals surface area contributed by atoms with Crippen LogP contribution in [0.15, 0.2) is 24.4 Å². The molecule has 21 heavy (non-hydrogen) atoms. The Kier molecular flexibility index (Phi) is 5.13. The lowest BCUT2D eigenvalue weighted by molar-refractivity contribution is -0.116. The van der Waals surface area contributed by atoms with Crippen LogP contribution in [0.1, 0.15) is 5.69 Å². The number of aromatic nitrogens is 3. The van der Waals surface area contributed by atoms with Crippen LogP contribution in [0.2, 0.25) is 5.02 Å². The second kappa shape index (κ2) is 7.05. The number of halogens is 1. The second-order valence-electron chi connectivity index (χ2n) is 4.28. The van der Waals surface area contributed by atoms with Gasteiger partial charge in [-0.25, -0.2) is 4.68 Å². The molecule has 1 aromatic heterocycles. The van der Waals surface area contributed by atoms with E-state index in [4.69, 9.17) is 21.4 Å². The molecule has 0 aliphatic rings. The molecular formula is C13H15ClN4O3. The molecule has 7 nitrogen and oxygen atoms in total. The maximum absolute atomic E-state index is 11.9. The molecule has 0 unspecified atom stereocenters. The summed E-state index contributed by atoms with van der Waals surface area (Å²) in [7, 11) is 1.52. The first-order valence-electron chi connectivity index (χ1n) is 6.25. The standard InChI is InChI=1S/C13H15ClN4O3/c1-21-12-3-2-9(6-11(12)14)15-13(20)8-18-7-10(4-5-19)16-17-18/h2-3,6-7,19H,4-5,8H2,1H3,(H,15,20). The molecule has 0 aliphatic heterocycles. The van der Waals surface area contributed by atoms with Crippen molar-refractivity contribution in [2.24, 2.45) is 0 Å². The highest BCUT2D eigenvalue weighted by Gasteiger charge is 2.08. The predicted molar refractivity (Wildman–Crippen MR) is 77.4 cm³/mol. The van der Waals surface area contributed by atoms with E-state index in [0.29, 0.717) is 28.6 Å². The van der Waals surface area contributed by atoms with Crippen molar-refractivity contribution in [1.82, 2.24) is 15.0 Å². The van der Waals surface area contributed by atoms with Crippen LogP contribution in [-0.4, -0.2) is 39.7 Å². The number of hydrogen-bond acceptors (Lipinski definition) is 5. The number of ether oxygens (including phenoxy) is 1. The molecule has 0 bridgehead atoms. The quantitative estimate of drug-likeness (QED) is 0.834. The first kappa shape index (κ1) is 15.3. The zero-order valence-corrected chi connectivity index (χ0v) is 12.2. The lowest BCUT2D eigenvalue weighted by Gasteiger charge is -2.07. The molecule has 1 amide bonds. The van der Waals surface area contributed by atoms with Crippen molar-refractivity contribution in [3.05, 3.63) is 35.1 Å². The van der Waals surface area contributed by atoms with E-state index >= 15 is 0 Å². The number of nitrogens with one attached hydrogen (secondary N) is 1. The Balaban J connectivity index is 1.96. The highest BCUT2D eigenvalue weighted by Crippen LogP contribution is 2.27. The number of benzene rings is 1. The number of carbonyl (C=O) groups is 1. The fourth-order valence-electron chi connectivity index (χ4n) is 1.74. The third kappa shape index (κ3) is 4.17. The number of carbonyl (C=O) groups excluding carboxylic acids is 1. The van der Waals surface area contributed by atoms with Crippen molar-refractivity contribution in [3.8, 4) is 5.75 Å². The molecule has 0 atom stereocenters. The molecule has 1 aromatic carbocycles. The summed E-state index contributed by atoms with van der Waals surface area (Å²) in [5, 5.41) is 19.6. The maximum Gasteiger partial charge on any atom is 0.246 e. The normalized spacial score (nSPS) is 10.4. The lowest BCUT2D eigenvalue weighted by atomic mass is 10.3. The van der Waals surface area contributed by atoms with Crippen molar-refractivity contribution in [1.29, 1.82) is 0 Å². The summed E-state index contributed by atoms with van der Waals surface area (Å²) in [5.41, 5.74) is 1.21. The van der Waals surface area contributed by atoms with Gasteiger partial charge in [0.1, 0.15) is 12.3 Å². The molecule has 112 valence electrons. The summed E-state index contributed by atoms with van der Waals surface area (Å²) in [4.78, 5) is 11.9. The number of methoxy groups -OCH3 is 1. The van der Waals surface area contributed by atoms with Crippen LogP contribution in [0.5, 0.6) is 5.75 Å². The summed E-state index contributed by atoms with van der Waals surface area (Å²) in [5.74, 6) is 0.288. The predicted octanol–water partition coefficient (Wildman–Crippen LogP) is 1.11. The molecule has 2 rings (SSSR count). The molecule has 1 heterocycles. The Morgan fingerprint density at radius 1 is 1.52 bits per heavy atom. The Bertz CT molecular complexity index is 630. The van der Waals surface area contributed by atoms with Crippen LogP contribution in [0.3, 0.4) is 0 Å². The summed E-state index contributed by atoms with van der Waals surface area (Å²) in [6.07, 6.45) is 2.03. The van der Waals surface area contributed by atoms with E-state index in [9.17, 15) is 4.79 Å². The van der Waals surface area contributed by atoms with Crippen molar-refractivity contribution >= 4 is 23.2 Å². The Labute approximate surface area is 126 Å². The first-order chi connectivity index (χ1) is 10.1. The van der Waals surface area contributed by atoms with Crippen molar-refractivity contribution in [2.75, 3.05) is 19.0 Å². The highest BCUT2D eigenvalue weighted by atomic mass is 35.5. The number of aliphatic hydroxyl groups excluding tert-OH is 1. The zero-order valence-electron chi connectivity index (χ0n) is 11.4. The zero-order chi connectivity index (χ0) is 15.2. The third-order valence-corrected chi connectivity index (χ3v) is 2.99. The van der Waals surface area contributed by atoms with Gasteiger partial charge in [0.25, 0.3) is 0 Å². The molecule has 0 radical (unpaired) electrons. The van der Waals surface area contributed by atoms with Crippen LogP contribution >= 0.6 is 11.6 Å².